The highest BCUT2D eigenvalue weighted by atomic mass is 16.3. The molecule has 1 atom stereocenters. The number of carbonyl (C=O) groups excluding carboxylic acids is 1. The van der Waals surface area contributed by atoms with E-state index < -0.39 is 0 Å². The number of benzene rings is 1. The number of nitrogens with one attached hydrogen (secondary N) is 2. The third-order valence-electron chi connectivity index (χ3n) is 4.43. The van der Waals surface area contributed by atoms with Crippen molar-refractivity contribution in [1.82, 2.24) is 10.3 Å². The summed E-state index contributed by atoms with van der Waals surface area (Å²) in [6, 6.07) is 14.1. The highest BCUT2D eigenvalue weighted by Gasteiger charge is 2.17. The van der Waals surface area contributed by atoms with E-state index in [1.807, 2.05) is 30.4 Å². The summed E-state index contributed by atoms with van der Waals surface area (Å²) in [5.41, 5.74) is 2.66. The second-order valence-electron chi connectivity index (χ2n) is 6.47. The van der Waals surface area contributed by atoms with Gasteiger partial charge in [0.2, 0.25) is 0 Å². The van der Waals surface area contributed by atoms with Crippen LogP contribution in [0.25, 0.3) is 0 Å². The summed E-state index contributed by atoms with van der Waals surface area (Å²) in [6.07, 6.45) is 9.81. The van der Waals surface area contributed by atoms with Crippen LogP contribution in [0.1, 0.15) is 28.5 Å². The van der Waals surface area contributed by atoms with Crippen molar-refractivity contribution in [2.24, 2.45) is 0 Å². The van der Waals surface area contributed by atoms with Crippen LogP contribution in [0.5, 0.6) is 5.75 Å². The van der Waals surface area contributed by atoms with Gasteiger partial charge in [-0.2, -0.15) is 0 Å². The zero-order chi connectivity index (χ0) is 19.3. The molecule has 0 bridgehead atoms. The predicted molar refractivity (Wildman–Crippen MR) is 106 cm³/mol. The number of phenolic OH excluding ortho intramolecular Hbond substituents is 1. The molecule has 2 aromatic heterocycles. The SMILES string of the molecule is O=C(NC1=CC=CC(c2ccnc(Nc3cccc(O)c3)c2)C1)c1ccco1. The second-order valence-corrected chi connectivity index (χ2v) is 6.47. The fourth-order valence-corrected chi connectivity index (χ4v) is 3.09. The van der Waals surface area contributed by atoms with Gasteiger partial charge in [-0.25, -0.2) is 4.98 Å². The van der Waals surface area contributed by atoms with Gasteiger partial charge in [0, 0.05) is 29.6 Å². The van der Waals surface area contributed by atoms with Crippen LogP contribution in [-0.2, 0) is 0 Å². The summed E-state index contributed by atoms with van der Waals surface area (Å²) >= 11 is 0. The highest BCUT2D eigenvalue weighted by Crippen LogP contribution is 2.29. The lowest BCUT2D eigenvalue weighted by molar-refractivity contribution is 0.0937. The predicted octanol–water partition coefficient (Wildman–Crippen LogP) is 4.48. The standard InChI is InChI=1S/C22H19N3O3/c26-19-7-2-6-18(14-19)24-21-13-16(9-10-23-21)15-4-1-5-17(12-15)25-22(27)20-8-3-11-28-20/h1-11,13-15,26H,12H2,(H,23,24)(H,25,27). The lowest BCUT2D eigenvalue weighted by Crippen LogP contribution is -2.24. The van der Waals surface area contributed by atoms with Crippen molar-refractivity contribution in [3.05, 3.63) is 96.2 Å². The van der Waals surface area contributed by atoms with Gasteiger partial charge in [-0.1, -0.05) is 18.2 Å². The number of hydrogen-bond acceptors (Lipinski definition) is 5. The van der Waals surface area contributed by atoms with E-state index in [1.54, 1.807) is 36.5 Å². The van der Waals surface area contributed by atoms with Gasteiger partial charge in [0.25, 0.3) is 5.91 Å². The molecule has 28 heavy (non-hydrogen) atoms. The lowest BCUT2D eigenvalue weighted by atomic mass is 9.91. The number of carbonyl (C=O) groups is 1. The zero-order valence-electron chi connectivity index (χ0n) is 15.0. The molecule has 0 spiro atoms. The topological polar surface area (TPSA) is 87.4 Å². The van der Waals surface area contributed by atoms with Crippen molar-refractivity contribution in [3.63, 3.8) is 0 Å². The molecule has 0 fully saturated rings. The molecular formula is C22H19N3O3. The van der Waals surface area contributed by atoms with Gasteiger partial charge in [0.15, 0.2) is 5.76 Å². The van der Waals surface area contributed by atoms with E-state index in [1.165, 1.54) is 6.26 Å². The molecule has 6 heteroatoms. The molecular weight excluding hydrogens is 354 g/mol. The van der Waals surface area contributed by atoms with E-state index in [4.69, 9.17) is 4.42 Å². The van der Waals surface area contributed by atoms with Crippen molar-refractivity contribution in [2.75, 3.05) is 5.32 Å². The molecule has 0 saturated heterocycles. The molecule has 0 saturated carbocycles. The number of phenols is 1. The minimum absolute atomic E-state index is 0.115. The molecule has 4 rings (SSSR count). The van der Waals surface area contributed by atoms with Gasteiger partial charge in [0.05, 0.1) is 6.26 Å². The first-order chi connectivity index (χ1) is 13.7. The Morgan fingerprint density at radius 1 is 1.18 bits per heavy atom. The Kier molecular flexibility index (Phi) is 4.93. The number of furan rings is 1. The van der Waals surface area contributed by atoms with Crippen molar-refractivity contribution in [2.45, 2.75) is 12.3 Å². The van der Waals surface area contributed by atoms with Gasteiger partial charge in [-0.15, -0.1) is 0 Å². The zero-order valence-corrected chi connectivity index (χ0v) is 15.0. The number of aromatic hydroxyl groups is 1. The molecule has 3 N–H and O–H groups in total. The molecule has 1 aliphatic rings. The molecule has 0 radical (unpaired) electrons. The third-order valence-corrected chi connectivity index (χ3v) is 4.43. The van der Waals surface area contributed by atoms with Gasteiger partial charge in [-0.05, 0) is 54.5 Å². The molecule has 6 nitrogen and oxygen atoms in total. The van der Waals surface area contributed by atoms with E-state index in [0.717, 1.165) is 16.9 Å². The van der Waals surface area contributed by atoms with E-state index in [-0.39, 0.29) is 23.3 Å². The van der Waals surface area contributed by atoms with Crippen molar-refractivity contribution in [1.29, 1.82) is 0 Å². The minimum atomic E-state index is -0.258. The number of aromatic nitrogens is 1. The van der Waals surface area contributed by atoms with Crippen molar-refractivity contribution in [3.8, 4) is 5.75 Å². The molecule has 140 valence electrons. The number of rotatable bonds is 5. The molecule has 2 heterocycles. The van der Waals surface area contributed by atoms with E-state index in [2.05, 4.69) is 21.7 Å². The first kappa shape index (κ1) is 17.6. The first-order valence-electron chi connectivity index (χ1n) is 8.91. The summed E-state index contributed by atoms with van der Waals surface area (Å²) < 4.78 is 5.14. The molecule has 0 aliphatic heterocycles. The maximum absolute atomic E-state index is 12.2. The van der Waals surface area contributed by atoms with Crippen LogP contribution in [0.2, 0.25) is 0 Å². The maximum atomic E-state index is 12.2. The number of anilines is 2. The van der Waals surface area contributed by atoms with Gasteiger partial charge in [0.1, 0.15) is 11.6 Å². The summed E-state index contributed by atoms with van der Waals surface area (Å²) in [5, 5.41) is 15.7. The summed E-state index contributed by atoms with van der Waals surface area (Å²) in [7, 11) is 0. The van der Waals surface area contributed by atoms with Gasteiger partial charge in [-0.3, -0.25) is 4.79 Å². The molecule has 1 aromatic carbocycles. The number of amides is 1. The van der Waals surface area contributed by atoms with Crippen LogP contribution in [0.3, 0.4) is 0 Å². The Morgan fingerprint density at radius 3 is 2.93 bits per heavy atom. The molecule has 3 aromatic rings. The maximum Gasteiger partial charge on any atom is 0.291 e. The second kappa shape index (κ2) is 7.84. The Bertz CT molecular complexity index is 1040. The Labute approximate surface area is 162 Å². The Morgan fingerprint density at radius 2 is 2.11 bits per heavy atom. The summed E-state index contributed by atoms with van der Waals surface area (Å²) in [4.78, 5) is 16.5. The number of nitrogens with zero attached hydrogens (tertiary/aromatic N) is 1. The first-order valence-corrected chi connectivity index (χ1v) is 8.91. The van der Waals surface area contributed by atoms with E-state index >= 15 is 0 Å². The van der Waals surface area contributed by atoms with Crippen LogP contribution < -0.4 is 10.6 Å². The summed E-state index contributed by atoms with van der Waals surface area (Å²) in [5.74, 6) is 1.02. The monoisotopic (exact) mass is 373 g/mol. The quantitative estimate of drug-likeness (QED) is 0.614. The molecule has 1 unspecified atom stereocenters. The minimum Gasteiger partial charge on any atom is -0.508 e. The number of hydrogen-bond donors (Lipinski definition) is 3. The largest absolute Gasteiger partial charge is 0.508 e. The Balaban J connectivity index is 1.45. The van der Waals surface area contributed by atoms with Crippen LogP contribution >= 0.6 is 0 Å². The van der Waals surface area contributed by atoms with Crippen LogP contribution in [0, 0.1) is 0 Å². The molecule has 1 amide bonds. The van der Waals surface area contributed by atoms with Crippen molar-refractivity contribution < 1.29 is 14.3 Å². The van der Waals surface area contributed by atoms with Crippen molar-refractivity contribution >= 4 is 17.4 Å². The van der Waals surface area contributed by atoms with E-state index in [9.17, 15) is 9.90 Å². The highest BCUT2D eigenvalue weighted by molar-refractivity contribution is 5.92. The van der Waals surface area contributed by atoms with Gasteiger partial charge < -0.3 is 20.2 Å². The Hall–Kier alpha value is -3.80. The lowest BCUT2D eigenvalue weighted by Gasteiger charge is -2.20. The van der Waals surface area contributed by atoms with Crippen LogP contribution in [0.4, 0.5) is 11.5 Å². The molecule has 1 aliphatic carbocycles. The average Bonchev–Trinajstić information content (AvgIpc) is 3.24. The average molecular weight is 373 g/mol. The number of allylic oxidation sites excluding steroid dienone is 4. The number of pyridine rings is 1. The summed E-state index contributed by atoms with van der Waals surface area (Å²) in [6.45, 7) is 0. The normalized spacial score (nSPS) is 15.7. The fourth-order valence-electron chi connectivity index (χ4n) is 3.09. The third kappa shape index (κ3) is 4.12. The van der Waals surface area contributed by atoms with Gasteiger partial charge >= 0.3 is 0 Å². The fraction of sp³-hybridized carbons (Fsp3) is 0.0909. The smallest absolute Gasteiger partial charge is 0.291 e. The van der Waals surface area contributed by atoms with Crippen LogP contribution in [0.15, 0.2) is 89.3 Å². The van der Waals surface area contributed by atoms with Crippen LogP contribution in [-0.4, -0.2) is 16.0 Å². The van der Waals surface area contributed by atoms with E-state index in [0.29, 0.717) is 12.2 Å².